The number of hydrazine groups is 1. The van der Waals surface area contributed by atoms with Crippen LogP contribution in [-0.4, -0.2) is 92.1 Å². The summed E-state index contributed by atoms with van der Waals surface area (Å²) >= 11 is 0. The number of pyridine rings is 2. The Bertz CT molecular complexity index is 2350. The van der Waals surface area contributed by atoms with Crippen LogP contribution in [0.1, 0.15) is 36.8 Å². The van der Waals surface area contributed by atoms with E-state index >= 15 is 0 Å². The molecule has 2 aromatic heterocycles. The zero-order valence-electron chi connectivity index (χ0n) is 34.7. The number of nitrogens with zero attached hydrogens (tertiary/aromatic N) is 6. The second-order valence-electron chi connectivity index (χ2n) is 15.5. The van der Waals surface area contributed by atoms with E-state index in [1.165, 1.54) is 11.3 Å². The van der Waals surface area contributed by atoms with E-state index in [1.807, 2.05) is 30.6 Å². The Kier molecular flexibility index (Phi) is 13.2. The Hall–Kier alpha value is -5.91. The van der Waals surface area contributed by atoms with Crippen LogP contribution in [0.3, 0.4) is 0 Å². The monoisotopic (exact) mass is 810 g/mol. The predicted molar refractivity (Wildman–Crippen MR) is 238 cm³/mol. The van der Waals surface area contributed by atoms with Crippen molar-refractivity contribution in [2.24, 2.45) is 0 Å². The fourth-order valence-corrected chi connectivity index (χ4v) is 8.86. The quantitative estimate of drug-likeness (QED) is 0.0658. The van der Waals surface area contributed by atoms with Crippen molar-refractivity contribution in [1.82, 2.24) is 19.8 Å². The van der Waals surface area contributed by atoms with Gasteiger partial charge in [-0.25, -0.2) is 4.39 Å². The fourth-order valence-electron chi connectivity index (χ4n) is 8.86. The molecule has 6 aromatic rings. The summed E-state index contributed by atoms with van der Waals surface area (Å²) in [5.41, 5.74) is 6.60. The summed E-state index contributed by atoms with van der Waals surface area (Å²) in [5.74, 6) is 2.66. The number of benzene rings is 4. The van der Waals surface area contributed by atoms with E-state index in [9.17, 15) is 4.39 Å². The first-order chi connectivity index (χ1) is 29.6. The van der Waals surface area contributed by atoms with Crippen LogP contribution in [0.15, 0.2) is 122 Å². The molecule has 2 fully saturated rings. The van der Waals surface area contributed by atoms with E-state index in [1.54, 1.807) is 20.3 Å². The molecule has 2 saturated heterocycles. The van der Waals surface area contributed by atoms with Crippen LogP contribution in [0.2, 0.25) is 0 Å². The molecule has 0 atom stereocenters. The van der Waals surface area contributed by atoms with E-state index in [4.69, 9.17) is 28.9 Å². The van der Waals surface area contributed by atoms with Gasteiger partial charge in [-0.05, 0) is 85.3 Å². The molecule has 0 spiro atoms. The Morgan fingerprint density at radius 3 is 1.55 bits per heavy atom. The van der Waals surface area contributed by atoms with Crippen LogP contribution in [0.4, 0.5) is 15.8 Å². The van der Waals surface area contributed by atoms with Crippen LogP contribution in [0.5, 0.6) is 23.0 Å². The summed E-state index contributed by atoms with van der Waals surface area (Å²) in [7, 11) is 3.28. The Morgan fingerprint density at radius 2 is 1.10 bits per heavy atom. The zero-order valence-corrected chi connectivity index (χ0v) is 34.7. The Labute approximate surface area is 352 Å². The van der Waals surface area contributed by atoms with Crippen LogP contribution >= 0.6 is 0 Å². The van der Waals surface area contributed by atoms with Crippen molar-refractivity contribution in [1.29, 1.82) is 0 Å². The number of alkyl halides is 1. The van der Waals surface area contributed by atoms with Crippen molar-refractivity contribution in [2.75, 3.05) is 70.3 Å². The molecule has 0 radical (unpaired) electrons. The molecule has 0 saturated carbocycles. The lowest BCUT2D eigenvalue weighted by Gasteiger charge is -2.51. The molecule has 2 aliphatic rings. The highest BCUT2D eigenvalue weighted by molar-refractivity contribution is 5.96. The molecule has 312 valence electrons. The van der Waals surface area contributed by atoms with Crippen LogP contribution in [0, 0.1) is 0 Å². The minimum absolute atomic E-state index is 0.00236. The molecule has 4 aromatic carbocycles. The number of anilines is 2. The number of methoxy groups -OCH3 is 2. The third-order valence-corrected chi connectivity index (χ3v) is 11.7. The van der Waals surface area contributed by atoms with Crippen molar-refractivity contribution < 1.29 is 23.3 Å². The van der Waals surface area contributed by atoms with E-state index in [-0.39, 0.29) is 18.7 Å². The molecule has 0 unspecified atom stereocenters. The predicted octanol–water partition coefficient (Wildman–Crippen LogP) is 9.27. The topological polar surface area (TPSA) is 75.7 Å². The second-order valence-corrected chi connectivity index (χ2v) is 15.5. The lowest BCUT2D eigenvalue weighted by atomic mass is 9.99. The van der Waals surface area contributed by atoms with Crippen LogP contribution in [0.25, 0.3) is 21.8 Å². The summed E-state index contributed by atoms with van der Waals surface area (Å²) in [5, 5.41) is 7.54. The van der Waals surface area contributed by atoms with Crippen molar-refractivity contribution in [3.63, 3.8) is 0 Å². The summed E-state index contributed by atoms with van der Waals surface area (Å²) in [6, 6.07) is 34.1. The number of halogens is 1. The van der Waals surface area contributed by atoms with E-state index in [2.05, 4.69) is 105 Å². The maximum Gasteiger partial charge on any atom is 0.161 e. The summed E-state index contributed by atoms with van der Waals surface area (Å²) < 4.78 is 35.8. The second kappa shape index (κ2) is 19.4. The van der Waals surface area contributed by atoms with Gasteiger partial charge in [0.05, 0.1) is 48.7 Å². The third-order valence-electron chi connectivity index (χ3n) is 11.7. The summed E-state index contributed by atoms with van der Waals surface area (Å²) in [6.07, 6.45) is 9.56. The van der Waals surface area contributed by atoms with Gasteiger partial charge in [0.25, 0.3) is 0 Å². The number of fused-ring (bicyclic) bond motifs is 2. The summed E-state index contributed by atoms with van der Waals surface area (Å²) in [6.45, 7) is 9.01. The van der Waals surface area contributed by atoms with Gasteiger partial charge < -0.3 is 18.9 Å². The van der Waals surface area contributed by atoms with Gasteiger partial charge in [0, 0.05) is 62.4 Å². The van der Waals surface area contributed by atoms with Gasteiger partial charge in [-0.1, -0.05) is 61.2 Å². The van der Waals surface area contributed by atoms with E-state index in [0.717, 1.165) is 110 Å². The highest BCUT2D eigenvalue weighted by atomic mass is 19.1. The lowest BCUT2D eigenvalue weighted by molar-refractivity contribution is 0.184. The third kappa shape index (κ3) is 9.12. The molecule has 8 rings (SSSR count). The average molecular weight is 811 g/mol. The van der Waals surface area contributed by atoms with Gasteiger partial charge in [0.15, 0.2) is 23.0 Å². The molecular formula is C49H55FN6O4. The minimum atomic E-state index is -0.549. The fraction of sp³-hybridized carbons (Fsp3) is 0.347. The average Bonchev–Trinajstić information content (AvgIpc) is 3.30. The molecule has 0 aliphatic carbocycles. The SMILES string of the molecule is C=CCOc1cc(CN2CCC(N(c3ccnc4ccccc34)N(c3ccnc4ccccc34)C3CCN(Cc4ccc(OC)c(OCCF)c4)CC3)CC2)ccc1OC. The molecule has 0 amide bonds. The molecular weight excluding hydrogens is 756 g/mol. The first kappa shape index (κ1) is 40.9. The highest BCUT2D eigenvalue weighted by Crippen LogP contribution is 2.40. The van der Waals surface area contributed by atoms with Gasteiger partial charge in [-0.3, -0.25) is 29.8 Å². The first-order valence-electron chi connectivity index (χ1n) is 21.0. The number of piperidine rings is 2. The number of hydrogen-bond donors (Lipinski definition) is 0. The van der Waals surface area contributed by atoms with Crippen LogP contribution in [-0.2, 0) is 13.1 Å². The maximum atomic E-state index is 13.0. The zero-order chi connectivity index (χ0) is 41.3. The molecule has 60 heavy (non-hydrogen) atoms. The standard InChI is InChI=1S/C49H55FN6O4/c1-4-30-59-48-32-36(13-15-46(48)57-2)34-53-26-19-38(20-27-53)55(44-17-24-51-42-11-7-5-9-40(42)44)56(45-18-25-52-43-12-8-6-10-41(43)45)39-21-28-54(29-22-39)35-37-14-16-47(58-3)49(33-37)60-31-23-50/h4-18,24-25,32-33,38-39H,1,19-23,26-31,34-35H2,2-3H3. The van der Waals surface area contributed by atoms with E-state index < -0.39 is 6.67 Å². The van der Waals surface area contributed by atoms with Gasteiger partial charge >= 0.3 is 0 Å². The number of para-hydroxylation sites is 2. The number of likely N-dealkylation sites (tertiary alicyclic amines) is 2. The largest absolute Gasteiger partial charge is 0.493 e. The number of ether oxygens (including phenoxy) is 4. The maximum absolute atomic E-state index is 13.0. The van der Waals surface area contributed by atoms with Gasteiger partial charge in [-0.15, -0.1) is 0 Å². The van der Waals surface area contributed by atoms with Crippen molar-refractivity contribution >= 4 is 33.2 Å². The minimum Gasteiger partial charge on any atom is -0.493 e. The van der Waals surface area contributed by atoms with Gasteiger partial charge in [0.2, 0.25) is 0 Å². The smallest absolute Gasteiger partial charge is 0.161 e. The van der Waals surface area contributed by atoms with E-state index in [0.29, 0.717) is 18.1 Å². The van der Waals surface area contributed by atoms with Crippen molar-refractivity contribution in [3.8, 4) is 23.0 Å². The number of rotatable bonds is 17. The molecule has 11 heteroatoms. The van der Waals surface area contributed by atoms with Crippen molar-refractivity contribution in [2.45, 2.75) is 50.9 Å². The van der Waals surface area contributed by atoms with Crippen LogP contribution < -0.4 is 29.0 Å². The molecule has 0 bridgehead atoms. The molecule has 0 N–H and O–H groups in total. The van der Waals surface area contributed by atoms with Gasteiger partial charge in [0.1, 0.15) is 19.9 Å². The van der Waals surface area contributed by atoms with Gasteiger partial charge in [-0.2, -0.15) is 0 Å². The Balaban J connectivity index is 1.10. The Morgan fingerprint density at radius 1 is 0.633 bits per heavy atom. The lowest BCUT2D eigenvalue weighted by Crippen LogP contribution is -2.59. The van der Waals surface area contributed by atoms with Crippen molar-refractivity contribution in [3.05, 3.63) is 133 Å². The molecule has 10 nitrogen and oxygen atoms in total. The number of hydrogen-bond acceptors (Lipinski definition) is 10. The molecule has 2 aliphatic heterocycles. The number of aromatic nitrogens is 2. The normalized spacial score (nSPS) is 15.5. The molecule has 4 heterocycles. The summed E-state index contributed by atoms with van der Waals surface area (Å²) in [4.78, 5) is 14.7. The first-order valence-corrected chi connectivity index (χ1v) is 21.0. The highest BCUT2D eigenvalue weighted by Gasteiger charge is 2.36.